The molecule has 0 aliphatic carbocycles. The first kappa shape index (κ1) is 17.5. The number of benzene rings is 1. The van der Waals surface area contributed by atoms with Crippen LogP contribution in [0, 0.1) is 0 Å². The van der Waals surface area contributed by atoms with E-state index in [0.29, 0.717) is 12.4 Å². The van der Waals surface area contributed by atoms with Crippen molar-refractivity contribution in [2.45, 2.75) is 24.3 Å². The number of carbonyl (C=O) groups is 1. The highest BCUT2D eigenvalue weighted by Crippen LogP contribution is 2.17. The predicted octanol–water partition coefficient (Wildman–Crippen LogP) is 1.01. The second kappa shape index (κ2) is 6.91. The van der Waals surface area contributed by atoms with Gasteiger partial charge in [-0.2, -0.15) is 0 Å². The van der Waals surface area contributed by atoms with Crippen LogP contribution in [-0.2, 0) is 19.4 Å². The lowest BCUT2D eigenvalue weighted by Crippen LogP contribution is -2.53. The zero-order chi connectivity index (χ0) is 16.1. The van der Waals surface area contributed by atoms with Crippen LogP contribution in [0.15, 0.2) is 29.2 Å². The zero-order valence-electron chi connectivity index (χ0n) is 12.7. The molecule has 0 heterocycles. The molecule has 0 bridgehead atoms. The maximum absolute atomic E-state index is 11.9. The normalized spacial score (nSPS) is 14.3. The molecule has 6 nitrogen and oxygen atoms in total. The van der Waals surface area contributed by atoms with E-state index < -0.39 is 21.3 Å². The van der Waals surface area contributed by atoms with Crippen LogP contribution < -0.4 is 10.1 Å². The van der Waals surface area contributed by atoms with Crippen molar-refractivity contribution in [1.29, 1.82) is 0 Å². The minimum atomic E-state index is -3.23. The Balaban J connectivity index is 2.76. The Morgan fingerprint density at radius 1 is 1.29 bits per heavy atom. The molecule has 118 valence electrons. The van der Waals surface area contributed by atoms with Crippen molar-refractivity contribution in [3.63, 3.8) is 0 Å². The zero-order valence-corrected chi connectivity index (χ0v) is 13.5. The van der Waals surface area contributed by atoms with Gasteiger partial charge in [-0.1, -0.05) is 0 Å². The summed E-state index contributed by atoms with van der Waals surface area (Å²) < 4.78 is 33.2. The molecule has 7 heteroatoms. The molecular weight excluding hydrogens is 294 g/mol. The lowest BCUT2D eigenvalue weighted by atomic mass is 10.1. The van der Waals surface area contributed by atoms with E-state index in [0.717, 1.165) is 6.26 Å². The van der Waals surface area contributed by atoms with Gasteiger partial charge >= 0.3 is 5.97 Å². The topological polar surface area (TPSA) is 81.7 Å². The monoisotopic (exact) mass is 315 g/mol. The second-order valence-electron chi connectivity index (χ2n) is 4.83. The van der Waals surface area contributed by atoms with Crippen LogP contribution in [0.3, 0.4) is 0 Å². The number of esters is 1. The Kier molecular flexibility index (Phi) is 5.74. The number of likely N-dealkylation sites (N-methyl/N-ethyl adjacent to an activating group) is 1. The summed E-state index contributed by atoms with van der Waals surface area (Å²) >= 11 is 0. The molecule has 21 heavy (non-hydrogen) atoms. The summed E-state index contributed by atoms with van der Waals surface area (Å²) in [6.45, 7) is 3.77. The fraction of sp³-hybridized carbons (Fsp3) is 0.500. The summed E-state index contributed by atoms with van der Waals surface area (Å²) in [5.74, 6) is 0.0772. The Labute approximate surface area is 125 Å². The minimum Gasteiger partial charge on any atom is -0.491 e. The third-order valence-electron chi connectivity index (χ3n) is 3.06. The highest BCUT2D eigenvalue weighted by atomic mass is 32.2. The van der Waals surface area contributed by atoms with Gasteiger partial charge in [-0.15, -0.1) is 0 Å². The summed E-state index contributed by atoms with van der Waals surface area (Å²) in [5.41, 5.74) is -0.967. The van der Waals surface area contributed by atoms with E-state index in [9.17, 15) is 13.2 Å². The van der Waals surface area contributed by atoms with Gasteiger partial charge in [-0.05, 0) is 45.2 Å². The second-order valence-corrected chi connectivity index (χ2v) is 6.85. The lowest BCUT2D eigenvalue weighted by molar-refractivity contribution is -0.151. The molecule has 0 saturated carbocycles. The van der Waals surface area contributed by atoms with Crippen LogP contribution in [-0.4, -0.2) is 46.4 Å². The number of ether oxygens (including phenoxy) is 2. The molecule has 0 spiro atoms. The molecule has 0 aliphatic heterocycles. The molecule has 1 aromatic rings. The van der Waals surface area contributed by atoms with Crippen LogP contribution in [0.25, 0.3) is 0 Å². The lowest BCUT2D eigenvalue weighted by Gasteiger charge is -2.26. The number of rotatable bonds is 7. The molecule has 0 fully saturated rings. The maximum Gasteiger partial charge on any atom is 0.329 e. The largest absolute Gasteiger partial charge is 0.491 e. The molecule has 0 aliphatic rings. The third kappa shape index (κ3) is 4.71. The molecule has 0 radical (unpaired) electrons. The third-order valence-corrected chi connectivity index (χ3v) is 4.19. The van der Waals surface area contributed by atoms with Crippen LogP contribution in [0.4, 0.5) is 0 Å². The number of nitrogens with one attached hydrogen (secondary N) is 1. The SMILES string of the molecule is CCOC(=O)C(C)(COc1ccc(S(C)(=O)=O)cc1)NC. The fourth-order valence-corrected chi connectivity index (χ4v) is 2.16. The van der Waals surface area contributed by atoms with Crippen LogP contribution in [0.2, 0.25) is 0 Å². The minimum absolute atomic E-state index is 0.0700. The Morgan fingerprint density at radius 3 is 2.29 bits per heavy atom. The van der Waals surface area contributed by atoms with Gasteiger partial charge < -0.3 is 14.8 Å². The van der Waals surface area contributed by atoms with Crippen molar-refractivity contribution in [1.82, 2.24) is 5.32 Å². The van der Waals surface area contributed by atoms with Gasteiger partial charge in [0.25, 0.3) is 0 Å². The number of hydrogen-bond acceptors (Lipinski definition) is 6. The predicted molar refractivity (Wildman–Crippen MR) is 79.1 cm³/mol. The molecule has 1 aromatic carbocycles. The van der Waals surface area contributed by atoms with E-state index >= 15 is 0 Å². The van der Waals surface area contributed by atoms with Gasteiger partial charge in [-0.25, -0.2) is 13.2 Å². The van der Waals surface area contributed by atoms with Crippen molar-refractivity contribution in [3.05, 3.63) is 24.3 Å². The van der Waals surface area contributed by atoms with Crippen molar-refractivity contribution in [2.24, 2.45) is 0 Å². The Morgan fingerprint density at radius 2 is 1.86 bits per heavy atom. The van der Waals surface area contributed by atoms with Gasteiger partial charge in [0.2, 0.25) is 0 Å². The van der Waals surface area contributed by atoms with Gasteiger partial charge in [0, 0.05) is 6.26 Å². The first-order valence-electron chi connectivity index (χ1n) is 6.52. The van der Waals surface area contributed by atoms with E-state index in [2.05, 4.69) is 5.32 Å². The molecular formula is C14H21NO5S. The molecule has 0 saturated heterocycles. The summed E-state index contributed by atoms with van der Waals surface area (Å²) in [6.07, 6.45) is 1.14. The molecule has 1 atom stereocenters. The Hall–Kier alpha value is -1.60. The fourth-order valence-electron chi connectivity index (χ4n) is 1.53. The average Bonchev–Trinajstić information content (AvgIpc) is 2.44. The molecule has 0 amide bonds. The Bertz CT molecular complexity index is 582. The number of sulfone groups is 1. The van der Waals surface area contributed by atoms with E-state index in [1.165, 1.54) is 12.1 Å². The summed E-state index contributed by atoms with van der Waals surface area (Å²) in [5, 5.41) is 2.87. The highest BCUT2D eigenvalue weighted by molar-refractivity contribution is 7.90. The van der Waals surface area contributed by atoms with Crippen molar-refractivity contribution in [2.75, 3.05) is 26.5 Å². The highest BCUT2D eigenvalue weighted by Gasteiger charge is 2.34. The van der Waals surface area contributed by atoms with Gasteiger partial charge in [-0.3, -0.25) is 0 Å². The van der Waals surface area contributed by atoms with Gasteiger partial charge in [0.1, 0.15) is 17.9 Å². The van der Waals surface area contributed by atoms with Gasteiger partial charge in [0.15, 0.2) is 9.84 Å². The number of hydrogen-bond donors (Lipinski definition) is 1. The van der Waals surface area contributed by atoms with Crippen molar-refractivity contribution >= 4 is 15.8 Å². The van der Waals surface area contributed by atoms with E-state index in [1.807, 2.05) is 0 Å². The van der Waals surface area contributed by atoms with Crippen LogP contribution in [0.1, 0.15) is 13.8 Å². The number of carbonyl (C=O) groups excluding carboxylic acids is 1. The summed E-state index contributed by atoms with van der Waals surface area (Å²) in [6, 6.07) is 6.03. The molecule has 0 aromatic heterocycles. The van der Waals surface area contributed by atoms with Crippen LogP contribution in [0.5, 0.6) is 5.75 Å². The first-order chi connectivity index (χ1) is 9.73. The maximum atomic E-state index is 11.9. The van der Waals surface area contributed by atoms with E-state index in [-0.39, 0.29) is 11.5 Å². The smallest absolute Gasteiger partial charge is 0.329 e. The van der Waals surface area contributed by atoms with E-state index in [1.54, 1.807) is 33.0 Å². The molecule has 1 N–H and O–H groups in total. The van der Waals surface area contributed by atoms with Gasteiger partial charge in [0.05, 0.1) is 11.5 Å². The van der Waals surface area contributed by atoms with Crippen molar-refractivity contribution in [3.8, 4) is 5.75 Å². The van der Waals surface area contributed by atoms with Crippen molar-refractivity contribution < 1.29 is 22.7 Å². The standard InChI is InChI=1S/C14H21NO5S/c1-5-19-13(16)14(2,15-3)10-20-11-6-8-12(9-7-11)21(4,17)18/h6-9,15H,5,10H2,1-4H3. The van der Waals surface area contributed by atoms with Crippen LogP contribution >= 0.6 is 0 Å². The first-order valence-corrected chi connectivity index (χ1v) is 8.41. The molecule has 1 rings (SSSR count). The summed E-state index contributed by atoms with van der Waals surface area (Å²) in [4.78, 5) is 12.1. The quantitative estimate of drug-likeness (QED) is 0.756. The molecule has 1 unspecified atom stereocenters. The summed E-state index contributed by atoms with van der Waals surface area (Å²) in [7, 11) is -1.58. The van der Waals surface area contributed by atoms with E-state index in [4.69, 9.17) is 9.47 Å². The average molecular weight is 315 g/mol.